The fourth-order valence-corrected chi connectivity index (χ4v) is 3.19. The van der Waals surface area contributed by atoms with Crippen LogP contribution in [-0.2, 0) is 4.79 Å². The van der Waals surface area contributed by atoms with Gasteiger partial charge < -0.3 is 5.32 Å². The molecule has 1 N–H and O–H groups in total. The average molecular weight is 451 g/mol. The molecule has 2 aromatic rings. The first-order valence-electron chi connectivity index (χ1n) is 5.80. The van der Waals surface area contributed by atoms with Gasteiger partial charge in [0.05, 0.1) is 9.50 Å². The summed E-state index contributed by atoms with van der Waals surface area (Å²) in [4.78, 5) is 16.0. The minimum Gasteiger partial charge on any atom is -0.310 e. The van der Waals surface area contributed by atoms with E-state index in [0.29, 0.717) is 10.8 Å². The van der Waals surface area contributed by atoms with Gasteiger partial charge >= 0.3 is 0 Å². The first-order chi connectivity index (χ1) is 9.06. The van der Waals surface area contributed by atoms with Crippen molar-refractivity contribution >= 4 is 72.6 Å². The van der Waals surface area contributed by atoms with Crippen LogP contribution >= 0.6 is 50.1 Å². The number of fused-ring (bicyclic) bond motifs is 1. The Labute approximate surface area is 137 Å². The zero-order valence-electron chi connectivity index (χ0n) is 9.71. The van der Waals surface area contributed by atoms with E-state index in [0.717, 1.165) is 31.7 Å². The maximum atomic E-state index is 11.7. The molecular formula is C13H9BrClIN2O. The first kappa shape index (κ1) is 13.6. The highest BCUT2D eigenvalue weighted by Crippen LogP contribution is 2.36. The van der Waals surface area contributed by atoms with E-state index >= 15 is 0 Å². The van der Waals surface area contributed by atoms with Gasteiger partial charge in [0.15, 0.2) is 0 Å². The first-order valence-corrected chi connectivity index (χ1v) is 8.05. The van der Waals surface area contributed by atoms with Gasteiger partial charge in [0.1, 0.15) is 5.82 Å². The lowest BCUT2D eigenvalue weighted by Crippen LogP contribution is -2.14. The number of nitrogens with one attached hydrogen (secondary N) is 1. The lowest BCUT2D eigenvalue weighted by molar-refractivity contribution is -0.117. The largest absolute Gasteiger partial charge is 0.310 e. The number of hydrogen-bond acceptors (Lipinski definition) is 2. The summed E-state index contributed by atoms with van der Waals surface area (Å²) in [5.41, 5.74) is 0. The average Bonchev–Trinajstić information content (AvgIpc) is 3.20. The Bertz CT molecular complexity index is 688. The summed E-state index contributed by atoms with van der Waals surface area (Å²) in [6.07, 6.45) is 3.66. The number of aromatic nitrogens is 1. The smallest absolute Gasteiger partial charge is 0.228 e. The third-order valence-electron chi connectivity index (χ3n) is 3.06. The molecule has 0 bridgehead atoms. The summed E-state index contributed by atoms with van der Waals surface area (Å²) in [6.45, 7) is 0. The number of carbonyl (C=O) groups excluding carboxylic acids is 1. The Morgan fingerprint density at radius 3 is 2.89 bits per heavy atom. The van der Waals surface area contributed by atoms with Gasteiger partial charge in [-0.2, -0.15) is 0 Å². The molecule has 3 rings (SSSR count). The number of nitrogens with zero attached hydrogens (tertiary/aromatic N) is 1. The third-order valence-corrected chi connectivity index (χ3v) is 6.09. The summed E-state index contributed by atoms with van der Waals surface area (Å²) < 4.78 is 1.90. The molecule has 1 aromatic carbocycles. The predicted molar refractivity (Wildman–Crippen MR) is 88.5 cm³/mol. The number of carbonyl (C=O) groups is 1. The number of pyridine rings is 1. The summed E-state index contributed by atoms with van der Waals surface area (Å²) >= 11 is 11.9. The molecular weight excluding hydrogens is 442 g/mol. The van der Waals surface area contributed by atoms with Crippen molar-refractivity contribution in [2.45, 2.75) is 12.8 Å². The maximum Gasteiger partial charge on any atom is 0.228 e. The van der Waals surface area contributed by atoms with Gasteiger partial charge in [-0.15, -0.1) is 0 Å². The van der Waals surface area contributed by atoms with Crippen molar-refractivity contribution in [3.05, 3.63) is 31.4 Å². The fraction of sp³-hybridized carbons (Fsp3) is 0.231. The summed E-state index contributed by atoms with van der Waals surface area (Å²) in [5, 5.41) is 5.33. The highest BCUT2D eigenvalue weighted by atomic mass is 127. The number of hydrogen-bond donors (Lipinski definition) is 1. The van der Waals surface area contributed by atoms with Crippen molar-refractivity contribution in [1.29, 1.82) is 0 Å². The molecule has 0 spiro atoms. The van der Waals surface area contributed by atoms with E-state index in [2.05, 4.69) is 48.8 Å². The number of halogens is 3. The molecule has 0 radical (unpaired) electrons. The molecule has 98 valence electrons. The Hall–Kier alpha value is -0.400. The lowest BCUT2D eigenvalue weighted by Gasteiger charge is -2.08. The lowest BCUT2D eigenvalue weighted by atomic mass is 10.2. The van der Waals surface area contributed by atoms with Crippen molar-refractivity contribution in [3.63, 3.8) is 0 Å². The molecule has 3 nitrogen and oxygen atoms in total. The standard InChI is InChI=1S/C13H9BrClIN2O/c14-11-9(16)3-7-4-10(17-5-8(7)12(11)15)18-13(19)6-1-2-6/h3-6H,1-2H2,(H,17,18,19). The zero-order chi connectivity index (χ0) is 13.6. The number of amides is 1. The highest BCUT2D eigenvalue weighted by molar-refractivity contribution is 14.1. The van der Waals surface area contributed by atoms with Crippen LogP contribution in [-0.4, -0.2) is 10.9 Å². The van der Waals surface area contributed by atoms with Crippen LogP contribution in [0.2, 0.25) is 5.02 Å². The molecule has 6 heteroatoms. The Morgan fingerprint density at radius 1 is 1.47 bits per heavy atom. The Morgan fingerprint density at radius 2 is 2.21 bits per heavy atom. The van der Waals surface area contributed by atoms with Gasteiger partial charge in [-0.05, 0) is 68.9 Å². The Balaban J connectivity index is 2.00. The van der Waals surface area contributed by atoms with Crippen LogP contribution in [0.3, 0.4) is 0 Å². The van der Waals surface area contributed by atoms with Gasteiger partial charge in [0, 0.05) is 21.1 Å². The van der Waals surface area contributed by atoms with E-state index in [-0.39, 0.29) is 11.8 Å². The number of benzene rings is 1. The molecule has 0 atom stereocenters. The molecule has 1 heterocycles. The second-order valence-electron chi connectivity index (χ2n) is 4.54. The van der Waals surface area contributed by atoms with Crippen molar-refractivity contribution < 1.29 is 4.79 Å². The van der Waals surface area contributed by atoms with E-state index < -0.39 is 0 Å². The second-order valence-corrected chi connectivity index (χ2v) is 6.87. The predicted octanol–water partition coefficient (Wildman–Crippen LogP) is 4.60. The van der Waals surface area contributed by atoms with Gasteiger partial charge in [-0.3, -0.25) is 4.79 Å². The van der Waals surface area contributed by atoms with Crippen molar-refractivity contribution in [1.82, 2.24) is 4.98 Å². The minimum absolute atomic E-state index is 0.0600. The summed E-state index contributed by atoms with van der Waals surface area (Å²) in [7, 11) is 0. The van der Waals surface area contributed by atoms with Gasteiger partial charge in [0.2, 0.25) is 5.91 Å². The topological polar surface area (TPSA) is 42.0 Å². The normalized spacial score (nSPS) is 14.7. The number of rotatable bonds is 2. The van der Waals surface area contributed by atoms with Gasteiger partial charge in [0.25, 0.3) is 0 Å². The van der Waals surface area contributed by atoms with Crippen LogP contribution < -0.4 is 5.32 Å². The van der Waals surface area contributed by atoms with E-state index in [1.165, 1.54) is 0 Å². The molecule has 0 saturated heterocycles. The molecule has 1 fully saturated rings. The molecule has 1 amide bonds. The summed E-state index contributed by atoms with van der Waals surface area (Å²) in [5.74, 6) is 0.814. The third kappa shape index (κ3) is 2.73. The van der Waals surface area contributed by atoms with Gasteiger partial charge in [-0.1, -0.05) is 11.6 Å². The van der Waals surface area contributed by atoms with E-state index in [9.17, 15) is 4.79 Å². The van der Waals surface area contributed by atoms with E-state index in [4.69, 9.17) is 11.6 Å². The van der Waals surface area contributed by atoms with Gasteiger partial charge in [-0.25, -0.2) is 4.98 Å². The van der Waals surface area contributed by atoms with Crippen molar-refractivity contribution in [2.75, 3.05) is 5.32 Å². The quantitative estimate of drug-likeness (QED) is 0.536. The molecule has 1 aliphatic rings. The monoisotopic (exact) mass is 450 g/mol. The van der Waals surface area contributed by atoms with Crippen molar-refractivity contribution in [2.24, 2.45) is 5.92 Å². The van der Waals surface area contributed by atoms with Crippen LogP contribution in [0.15, 0.2) is 22.8 Å². The summed E-state index contributed by atoms with van der Waals surface area (Å²) in [6, 6.07) is 3.87. The molecule has 0 aliphatic heterocycles. The minimum atomic E-state index is 0.0600. The van der Waals surface area contributed by atoms with E-state index in [1.807, 2.05) is 12.1 Å². The molecule has 19 heavy (non-hydrogen) atoms. The molecule has 1 aromatic heterocycles. The molecule has 1 aliphatic carbocycles. The maximum absolute atomic E-state index is 11.7. The SMILES string of the molecule is O=C(Nc1cc2cc(I)c(Br)c(Cl)c2cn1)C1CC1. The zero-order valence-corrected chi connectivity index (χ0v) is 14.2. The van der Waals surface area contributed by atoms with Crippen LogP contribution in [0.5, 0.6) is 0 Å². The second kappa shape index (κ2) is 5.18. The molecule has 0 unspecified atom stereocenters. The number of anilines is 1. The van der Waals surface area contributed by atoms with E-state index in [1.54, 1.807) is 6.20 Å². The van der Waals surface area contributed by atoms with Crippen LogP contribution in [0.4, 0.5) is 5.82 Å². The molecule has 1 saturated carbocycles. The Kier molecular flexibility index (Phi) is 3.70. The van der Waals surface area contributed by atoms with Crippen LogP contribution in [0, 0.1) is 9.49 Å². The van der Waals surface area contributed by atoms with Crippen LogP contribution in [0.25, 0.3) is 10.8 Å². The van der Waals surface area contributed by atoms with Crippen molar-refractivity contribution in [3.8, 4) is 0 Å². The van der Waals surface area contributed by atoms with Crippen LogP contribution in [0.1, 0.15) is 12.8 Å². The highest BCUT2D eigenvalue weighted by Gasteiger charge is 2.29. The fourth-order valence-electron chi connectivity index (χ4n) is 1.84.